The second-order valence-corrected chi connectivity index (χ2v) is 6.11. The Balaban J connectivity index is 2.40. The number of aliphatic hydroxyl groups is 1. The van der Waals surface area contributed by atoms with Crippen LogP contribution in [0.5, 0.6) is 0 Å². The van der Waals surface area contributed by atoms with E-state index in [4.69, 9.17) is 0 Å². The molecular formula is C14H29NO. The lowest BCUT2D eigenvalue weighted by atomic mass is 9.90. The molecule has 2 nitrogen and oxygen atoms in total. The molecule has 2 heteroatoms. The fourth-order valence-electron chi connectivity index (χ4n) is 2.34. The molecule has 16 heavy (non-hydrogen) atoms. The lowest BCUT2D eigenvalue weighted by molar-refractivity contribution is 0.0100. The van der Waals surface area contributed by atoms with E-state index >= 15 is 0 Å². The molecule has 1 rings (SSSR count). The van der Waals surface area contributed by atoms with E-state index in [1.165, 1.54) is 32.1 Å². The van der Waals surface area contributed by atoms with E-state index in [1.54, 1.807) is 0 Å². The second-order valence-electron chi connectivity index (χ2n) is 6.11. The summed E-state index contributed by atoms with van der Waals surface area (Å²) in [5.74, 6) is 1.06. The summed E-state index contributed by atoms with van der Waals surface area (Å²) in [7, 11) is 0. The Morgan fingerprint density at radius 3 is 2.50 bits per heavy atom. The lowest BCUT2D eigenvalue weighted by Crippen LogP contribution is -2.47. The fraction of sp³-hybridized carbons (Fsp3) is 1.00. The summed E-state index contributed by atoms with van der Waals surface area (Å²) in [6.45, 7) is 9.16. The van der Waals surface area contributed by atoms with Crippen LogP contribution < -0.4 is 5.32 Å². The van der Waals surface area contributed by atoms with Crippen LogP contribution in [0.4, 0.5) is 0 Å². The van der Waals surface area contributed by atoms with Crippen molar-refractivity contribution in [2.75, 3.05) is 6.54 Å². The van der Waals surface area contributed by atoms with Gasteiger partial charge in [0.15, 0.2) is 0 Å². The first kappa shape index (κ1) is 14.0. The monoisotopic (exact) mass is 227 g/mol. The van der Waals surface area contributed by atoms with Gasteiger partial charge < -0.3 is 10.4 Å². The second kappa shape index (κ2) is 6.02. The van der Waals surface area contributed by atoms with Crippen LogP contribution in [0.1, 0.15) is 59.8 Å². The molecule has 3 atom stereocenters. The van der Waals surface area contributed by atoms with Gasteiger partial charge in [-0.3, -0.25) is 0 Å². The van der Waals surface area contributed by atoms with Crippen LogP contribution in [0, 0.1) is 11.8 Å². The zero-order valence-electron chi connectivity index (χ0n) is 11.4. The molecule has 1 aliphatic rings. The van der Waals surface area contributed by atoms with Crippen molar-refractivity contribution in [3.05, 3.63) is 0 Å². The third-order valence-electron chi connectivity index (χ3n) is 4.33. The standard InChI is InChI=1S/C14H29NO/c1-11(2)14(4,16)10-15-13-9-7-5-6-8-12(13)3/h11-13,15-16H,5-10H2,1-4H3. The molecule has 3 unspecified atom stereocenters. The summed E-state index contributed by atoms with van der Waals surface area (Å²) in [4.78, 5) is 0. The third-order valence-corrected chi connectivity index (χ3v) is 4.33. The zero-order valence-corrected chi connectivity index (χ0v) is 11.4. The molecule has 0 spiro atoms. The normalized spacial score (nSPS) is 31.1. The number of nitrogens with one attached hydrogen (secondary N) is 1. The Morgan fingerprint density at radius 2 is 1.88 bits per heavy atom. The van der Waals surface area contributed by atoms with E-state index in [1.807, 2.05) is 6.92 Å². The third kappa shape index (κ3) is 4.06. The topological polar surface area (TPSA) is 32.3 Å². The van der Waals surface area contributed by atoms with E-state index < -0.39 is 5.60 Å². The number of hydrogen-bond acceptors (Lipinski definition) is 2. The van der Waals surface area contributed by atoms with Crippen LogP contribution in [0.25, 0.3) is 0 Å². The molecule has 0 aromatic heterocycles. The quantitative estimate of drug-likeness (QED) is 0.724. The van der Waals surface area contributed by atoms with Crippen molar-refractivity contribution in [3.8, 4) is 0 Å². The van der Waals surface area contributed by atoms with Gasteiger partial charge in [0.05, 0.1) is 5.60 Å². The van der Waals surface area contributed by atoms with Gasteiger partial charge in [-0.05, 0) is 31.6 Å². The summed E-state index contributed by atoms with van der Waals surface area (Å²) in [5.41, 5.74) is -0.577. The Kier molecular flexibility index (Phi) is 5.26. The first-order valence-corrected chi connectivity index (χ1v) is 6.89. The molecule has 1 aliphatic carbocycles. The molecule has 1 saturated carbocycles. The van der Waals surface area contributed by atoms with Crippen molar-refractivity contribution in [3.63, 3.8) is 0 Å². The Labute approximate surface area is 101 Å². The van der Waals surface area contributed by atoms with E-state index in [0.717, 1.165) is 12.5 Å². The van der Waals surface area contributed by atoms with Crippen LogP contribution in [0.2, 0.25) is 0 Å². The maximum absolute atomic E-state index is 10.2. The first-order valence-electron chi connectivity index (χ1n) is 6.89. The van der Waals surface area contributed by atoms with Crippen molar-refractivity contribution in [1.29, 1.82) is 0 Å². The van der Waals surface area contributed by atoms with Gasteiger partial charge in [0, 0.05) is 12.6 Å². The molecule has 0 aromatic carbocycles. The number of rotatable bonds is 4. The van der Waals surface area contributed by atoms with Crippen LogP contribution in [0.3, 0.4) is 0 Å². The molecule has 0 amide bonds. The summed E-state index contributed by atoms with van der Waals surface area (Å²) in [6.07, 6.45) is 6.70. The van der Waals surface area contributed by atoms with E-state index in [0.29, 0.717) is 12.0 Å². The largest absolute Gasteiger partial charge is 0.389 e. The fourth-order valence-corrected chi connectivity index (χ4v) is 2.34. The highest BCUT2D eigenvalue weighted by Crippen LogP contribution is 2.24. The van der Waals surface area contributed by atoms with E-state index in [9.17, 15) is 5.11 Å². The van der Waals surface area contributed by atoms with Crippen molar-refractivity contribution >= 4 is 0 Å². The van der Waals surface area contributed by atoms with E-state index in [-0.39, 0.29) is 0 Å². The predicted octanol–water partition coefficient (Wildman–Crippen LogP) is 2.95. The van der Waals surface area contributed by atoms with Gasteiger partial charge >= 0.3 is 0 Å². The Bertz CT molecular complexity index is 201. The summed E-state index contributed by atoms with van der Waals surface area (Å²) in [5, 5.41) is 13.8. The smallest absolute Gasteiger partial charge is 0.0766 e. The first-order chi connectivity index (χ1) is 7.43. The van der Waals surface area contributed by atoms with Gasteiger partial charge in [-0.25, -0.2) is 0 Å². The van der Waals surface area contributed by atoms with Crippen molar-refractivity contribution in [1.82, 2.24) is 5.32 Å². The SMILES string of the molecule is CC1CCCCCC1NCC(C)(O)C(C)C. The summed E-state index contributed by atoms with van der Waals surface area (Å²) >= 11 is 0. The Hall–Kier alpha value is -0.0800. The van der Waals surface area contributed by atoms with Gasteiger partial charge in [-0.2, -0.15) is 0 Å². The highest BCUT2D eigenvalue weighted by Gasteiger charge is 2.27. The molecule has 0 heterocycles. The molecule has 2 N–H and O–H groups in total. The molecule has 0 radical (unpaired) electrons. The van der Waals surface area contributed by atoms with Crippen LogP contribution in [0.15, 0.2) is 0 Å². The highest BCUT2D eigenvalue weighted by atomic mass is 16.3. The minimum absolute atomic E-state index is 0.307. The summed E-state index contributed by atoms with van der Waals surface area (Å²) in [6, 6.07) is 0.604. The zero-order chi connectivity index (χ0) is 12.2. The van der Waals surface area contributed by atoms with Gasteiger partial charge in [0.25, 0.3) is 0 Å². The average Bonchev–Trinajstić information content (AvgIpc) is 2.40. The average molecular weight is 227 g/mol. The lowest BCUT2D eigenvalue weighted by Gasteiger charge is -2.32. The molecule has 0 bridgehead atoms. The minimum Gasteiger partial charge on any atom is -0.389 e. The highest BCUT2D eigenvalue weighted by molar-refractivity contribution is 4.84. The number of hydrogen-bond donors (Lipinski definition) is 2. The molecule has 96 valence electrons. The van der Waals surface area contributed by atoms with Crippen LogP contribution in [-0.4, -0.2) is 23.3 Å². The van der Waals surface area contributed by atoms with Crippen molar-refractivity contribution < 1.29 is 5.11 Å². The molecular weight excluding hydrogens is 198 g/mol. The predicted molar refractivity (Wildman–Crippen MR) is 69.5 cm³/mol. The van der Waals surface area contributed by atoms with Crippen LogP contribution >= 0.6 is 0 Å². The maximum Gasteiger partial charge on any atom is 0.0766 e. The molecule has 1 fully saturated rings. The molecule has 0 aliphatic heterocycles. The van der Waals surface area contributed by atoms with Crippen molar-refractivity contribution in [2.45, 2.75) is 71.4 Å². The minimum atomic E-state index is -0.577. The molecule has 0 aromatic rings. The maximum atomic E-state index is 10.2. The molecule has 0 saturated heterocycles. The van der Waals surface area contributed by atoms with Gasteiger partial charge in [-0.1, -0.05) is 40.0 Å². The van der Waals surface area contributed by atoms with Gasteiger partial charge in [0.2, 0.25) is 0 Å². The van der Waals surface area contributed by atoms with Gasteiger partial charge in [0.1, 0.15) is 0 Å². The van der Waals surface area contributed by atoms with Gasteiger partial charge in [-0.15, -0.1) is 0 Å². The van der Waals surface area contributed by atoms with Crippen LogP contribution in [-0.2, 0) is 0 Å². The Morgan fingerprint density at radius 1 is 1.25 bits per heavy atom. The van der Waals surface area contributed by atoms with E-state index in [2.05, 4.69) is 26.1 Å². The van der Waals surface area contributed by atoms with Crippen molar-refractivity contribution in [2.24, 2.45) is 11.8 Å². The summed E-state index contributed by atoms with van der Waals surface area (Å²) < 4.78 is 0.